The Balaban J connectivity index is 1.48. The molecular formula is C16H17Cl2N3O2S2. The van der Waals surface area contributed by atoms with Crippen LogP contribution in [0.5, 0.6) is 0 Å². The molecule has 0 aliphatic carbocycles. The van der Waals surface area contributed by atoms with Crippen LogP contribution in [-0.4, -0.2) is 47.8 Å². The molecule has 1 amide bonds. The van der Waals surface area contributed by atoms with E-state index in [0.717, 1.165) is 43.4 Å². The number of anilines is 1. The highest BCUT2D eigenvalue weighted by atomic mass is 35.5. The fourth-order valence-corrected chi connectivity index (χ4v) is 4.32. The molecule has 1 saturated heterocycles. The summed E-state index contributed by atoms with van der Waals surface area (Å²) in [7, 11) is 0. The van der Waals surface area contributed by atoms with Crippen molar-refractivity contribution in [3.63, 3.8) is 0 Å². The molecule has 0 unspecified atom stereocenters. The predicted octanol–water partition coefficient (Wildman–Crippen LogP) is 4.01. The molecule has 1 aliphatic rings. The van der Waals surface area contributed by atoms with Crippen LogP contribution in [0.1, 0.15) is 5.69 Å². The number of thiazole rings is 1. The molecule has 0 atom stereocenters. The van der Waals surface area contributed by atoms with Crippen LogP contribution < -0.4 is 5.32 Å². The molecule has 1 N–H and O–H groups in total. The quantitative estimate of drug-likeness (QED) is 0.719. The van der Waals surface area contributed by atoms with Gasteiger partial charge in [0.25, 0.3) is 0 Å². The zero-order chi connectivity index (χ0) is 17.6. The van der Waals surface area contributed by atoms with Crippen LogP contribution in [0.3, 0.4) is 0 Å². The summed E-state index contributed by atoms with van der Waals surface area (Å²) in [6.07, 6.45) is 0. The molecule has 3 rings (SSSR count). The number of nitrogens with one attached hydrogen (secondary N) is 1. The second kappa shape index (κ2) is 9.21. The van der Waals surface area contributed by atoms with Crippen LogP contribution in [0.4, 0.5) is 5.13 Å². The Morgan fingerprint density at radius 2 is 2.16 bits per heavy atom. The van der Waals surface area contributed by atoms with Crippen molar-refractivity contribution in [3.8, 4) is 0 Å². The van der Waals surface area contributed by atoms with Gasteiger partial charge in [0.2, 0.25) is 5.91 Å². The first-order valence-corrected chi connectivity index (χ1v) is 10.3. The first-order valence-electron chi connectivity index (χ1n) is 7.72. The van der Waals surface area contributed by atoms with E-state index in [0.29, 0.717) is 15.2 Å². The average molecular weight is 418 g/mol. The minimum atomic E-state index is -0.117. The van der Waals surface area contributed by atoms with E-state index in [1.807, 2.05) is 5.38 Å². The highest BCUT2D eigenvalue weighted by Crippen LogP contribution is 2.30. The summed E-state index contributed by atoms with van der Waals surface area (Å²) >= 11 is 14.8. The van der Waals surface area contributed by atoms with Gasteiger partial charge in [-0.3, -0.25) is 9.69 Å². The number of benzene rings is 1. The number of morpholine rings is 1. The standard InChI is InChI=1S/C16H17Cl2N3O2S2/c17-11-1-2-13(18)14(7-11)24-10-15(22)20-16-19-12(9-25-16)8-21-3-5-23-6-4-21/h1-2,7,9H,3-6,8,10H2,(H,19,20,22). The highest BCUT2D eigenvalue weighted by molar-refractivity contribution is 8.00. The fraction of sp³-hybridized carbons (Fsp3) is 0.375. The number of nitrogens with zero attached hydrogens (tertiary/aromatic N) is 2. The summed E-state index contributed by atoms with van der Waals surface area (Å²) in [5.74, 6) is 0.131. The molecule has 1 aliphatic heterocycles. The van der Waals surface area contributed by atoms with Gasteiger partial charge in [-0.15, -0.1) is 23.1 Å². The lowest BCUT2D eigenvalue weighted by Crippen LogP contribution is -2.35. The molecule has 1 aromatic carbocycles. The van der Waals surface area contributed by atoms with Crippen LogP contribution in [0.2, 0.25) is 10.0 Å². The minimum absolute atomic E-state index is 0.117. The summed E-state index contributed by atoms with van der Waals surface area (Å²) < 4.78 is 5.34. The molecule has 1 aromatic heterocycles. The lowest BCUT2D eigenvalue weighted by molar-refractivity contribution is -0.113. The summed E-state index contributed by atoms with van der Waals surface area (Å²) in [6.45, 7) is 4.13. The number of amides is 1. The molecule has 134 valence electrons. The topological polar surface area (TPSA) is 54.5 Å². The van der Waals surface area contributed by atoms with E-state index in [4.69, 9.17) is 27.9 Å². The molecule has 0 spiro atoms. The lowest BCUT2D eigenvalue weighted by atomic mass is 10.4. The first-order chi connectivity index (χ1) is 12.1. The van der Waals surface area contributed by atoms with E-state index in [1.54, 1.807) is 18.2 Å². The lowest BCUT2D eigenvalue weighted by Gasteiger charge is -2.25. The van der Waals surface area contributed by atoms with Crippen molar-refractivity contribution in [2.24, 2.45) is 0 Å². The van der Waals surface area contributed by atoms with Crippen LogP contribution in [0.15, 0.2) is 28.5 Å². The second-order valence-electron chi connectivity index (χ2n) is 5.44. The monoisotopic (exact) mass is 417 g/mol. The number of hydrogen-bond acceptors (Lipinski definition) is 6. The molecule has 9 heteroatoms. The Hall–Kier alpha value is -0.830. The van der Waals surface area contributed by atoms with Gasteiger partial charge in [0.05, 0.1) is 29.7 Å². The van der Waals surface area contributed by atoms with E-state index in [-0.39, 0.29) is 11.7 Å². The molecule has 1 fully saturated rings. The predicted molar refractivity (Wildman–Crippen MR) is 104 cm³/mol. The third-order valence-electron chi connectivity index (χ3n) is 3.54. The maximum absolute atomic E-state index is 12.1. The van der Waals surface area contributed by atoms with Crippen molar-refractivity contribution in [2.45, 2.75) is 11.4 Å². The number of hydrogen-bond donors (Lipinski definition) is 1. The summed E-state index contributed by atoms with van der Waals surface area (Å²) in [5.41, 5.74) is 0.965. The van der Waals surface area contributed by atoms with Gasteiger partial charge in [-0.2, -0.15) is 0 Å². The number of rotatable bonds is 6. The smallest absolute Gasteiger partial charge is 0.236 e. The Labute approximate surface area is 164 Å². The van der Waals surface area contributed by atoms with E-state index in [2.05, 4.69) is 15.2 Å². The van der Waals surface area contributed by atoms with E-state index < -0.39 is 0 Å². The molecule has 0 bridgehead atoms. The molecule has 2 aromatic rings. The number of carbonyl (C=O) groups excluding carboxylic acids is 1. The van der Waals surface area contributed by atoms with Crippen molar-refractivity contribution >= 4 is 57.3 Å². The largest absolute Gasteiger partial charge is 0.379 e. The molecule has 0 saturated carbocycles. The zero-order valence-electron chi connectivity index (χ0n) is 13.3. The van der Waals surface area contributed by atoms with Crippen LogP contribution in [0.25, 0.3) is 0 Å². The van der Waals surface area contributed by atoms with Crippen molar-refractivity contribution < 1.29 is 9.53 Å². The number of aromatic nitrogens is 1. The van der Waals surface area contributed by atoms with Gasteiger partial charge < -0.3 is 10.1 Å². The van der Waals surface area contributed by atoms with Crippen LogP contribution >= 0.6 is 46.3 Å². The van der Waals surface area contributed by atoms with Crippen molar-refractivity contribution in [1.29, 1.82) is 0 Å². The summed E-state index contributed by atoms with van der Waals surface area (Å²) in [5, 5.41) is 6.61. The molecule has 25 heavy (non-hydrogen) atoms. The summed E-state index contributed by atoms with van der Waals surface area (Å²) in [6, 6.07) is 5.20. The normalized spacial score (nSPS) is 15.3. The number of thioether (sulfide) groups is 1. The van der Waals surface area contributed by atoms with Gasteiger partial charge >= 0.3 is 0 Å². The van der Waals surface area contributed by atoms with Crippen molar-refractivity contribution in [1.82, 2.24) is 9.88 Å². The van der Waals surface area contributed by atoms with Gasteiger partial charge in [-0.05, 0) is 18.2 Å². The van der Waals surface area contributed by atoms with E-state index >= 15 is 0 Å². The number of ether oxygens (including phenoxy) is 1. The van der Waals surface area contributed by atoms with Gasteiger partial charge in [0, 0.05) is 34.9 Å². The molecular weight excluding hydrogens is 401 g/mol. The number of carbonyl (C=O) groups is 1. The average Bonchev–Trinajstić information content (AvgIpc) is 3.03. The highest BCUT2D eigenvalue weighted by Gasteiger charge is 2.14. The van der Waals surface area contributed by atoms with Gasteiger partial charge in [0.1, 0.15) is 0 Å². The SMILES string of the molecule is O=C(CSc1cc(Cl)ccc1Cl)Nc1nc(CN2CCOCC2)cs1. The van der Waals surface area contributed by atoms with Gasteiger partial charge in [-0.1, -0.05) is 23.2 Å². The molecule has 0 radical (unpaired) electrons. The second-order valence-corrected chi connectivity index (χ2v) is 8.16. The summed E-state index contributed by atoms with van der Waals surface area (Å²) in [4.78, 5) is 19.7. The third-order valence-corrected chi connectivity index (χ3v) is 6.08. The Kier molecular flexibility index (Phi) is 6.98. The van der Waals surface area contributed by atoms with E-state index in [1.165, 1.54) is 23.1 Å². The Bertz CT molecular complexity index is 736. The molecule has 5 nitrogen and oxygen atoms in total. The van der Waals surface area contributed by atoms with Crippen molar-refractivity contribution in [2.75, 3.05) is 37.4 Å². The maximum atomic E-state index is 12.1. The Morgan fingerprint density at radius 1 is 1.36 bits per heavy atom. The third kappa shape index (κ3) is 5.84. The van der Waals surface area contributed by atoms with Gasteiger partial charge in [-0.25, -0.2) is 4.98 Å². The Morgan fingerprint density at radius 3 is 2.96 bits per heavy atom. The van der Waals surface area contributed by atoms with Gasteiger partial charge in [0.15, 0.2) is 5.13 Å². The zero-order valence-corrected chi connectivity index (χ0v) is 16.5. The first kappa shape index (κ1) is 18.9. The molecule has 2 heterocycles. The maximum Gasteiger partial charge on any atom is 0.236 e. The van der Waals surface area contributed by atoms with Crippen LogP contribution in [-0.2, 0) is 16.1 Å². The fourth-order valence-electron chi connectivity index (χ4n) is 2.31. The minimum Gasteiger partial charge on any atom is -0.379 e. The van der Waals surface area contributed by atoms with E-state index in [9.17, 15) is 4.79 Å². The van der Waals surface area contributed by atoms with Crippen molar-refractivity contribution in [3.05, 3.63) is 39.3 Å². The number of halogens is 2. The van der Waals surface area contributed by atoms with Crippen LogP contribution in [0, 0.1) is 0 Å².